The second-order valence-corrected chi connectivity index (χ2v) is 7.00. The zero-order valence-electron chi connectivity index (χ0n) is 15.1. The number of nitrogens with one attached hydrogen (secondary N) is 1. The first-order valence-electron chi connectivity index (χ1n) is 8.17. The molecule has 0 saturated carbocycles. The number of hydrogen-bond donors (Lipinski definition) is 2. The number of carbonyl (C=O) groups is 2. The molecule has 0 aliphatic rings. The van der Waals surface area contributed by atoms with Crippen molar-refractivity contribution in [2.45, 2.75) is 38.9 Å². The summed E-state index contributed by atoms with van der Waals surface area (Å²) in [7, 11) is 0. The van der Waals surface area contributed by atoms with E-state index in [4.69, 9.17) is 5.11 Å². The van der Waals surface area contributed by atoms with E-state index in [1.165, 1.54) is 12.1 Å². The lowest BCUT2D eigenvalue weighted by molar-refractivity contribution is -0.146. The molecular formula is C18H20F3N3O3. The molecule has 0 saturated heterocycles. The van der Waals surface area contributed by atoms with Gasteiger partial charge in [0.1, 0.15) is 0 Å². The monoisotopic (exact) mass is 383 g/mol. The van der Waals surface area contributed by atoms with Gasteiger partial charge in [-0.05, 0) is 44.9 Å². The fourth-order valence-corrected chi connectivity index (χ4v) is 2.57. The number of aromatic nitrogens is 2. The molecule has 2 rings (SSSR count). The van der Waals surface area contributed by atoms with Crippen LogP contribution in [0.5, 0.6) is 0 Å². The molecule has 0 aliphatic heterocycles. The topological polar surface area (TPSA) is 84.2 Å². The second-order valence-electron chi connectivity index (χ2n) is 7.00. The zero-order chi connectivity index (χ0) is 20.4. The summed E-state index contributed by atoms with van der Waals surface area (Å²) < 4.78 is 41.1. The number of benzene rings is 1. The van der Waals surface area contributed by atoms with Gasteiger partial charge in [-0.25, -0.2) is 4.79 Å². The van der Waals surface area contributed by atoms with Crippen LogP contribution < -0.4 is 5.32 Å². The van der Waals surface area contributed by atoms with Gasteiger partial charge in [-0.1, -0.05) is 12.1 Å². The lowest BCUT2D eigenvalue weighted by Gasteiger charge is -2.23. The van der Waals surface area contributed by atoms with Gasteiger partial charge in [0.25, 0.3) is 5.91 Å². The molecule has 0 bridgehead atoms. The highest BCUT2D eigenvalue weighted by Gasteiger charge is 2.42. The third-order valence-corrected chi connectivity index (χ3v) is 3.79. The third kappa shape index (κ3) is 4.87. The second kappa shape index (κ2) is 7.42. The quantitative estimate of drug-likeness (QED) is 0.830. The van der Waals surface area contributed by atoms with Crippen molar-refractivity contribution in [3.63, 3.8) is 0 Å². The first kappa shape index (κ1) is 20.5. The van der Waals surface area contributed by atoms with Crippen molar-refractivity contribution in [2.75, 3.05) is 6.54 Å². The molecule has 0 unspecified atom stereocenters. The number of hydrogen-bond acceptors (Lipinski definition) is 3. The minimum Gasteiger partial charge on any atom is -0.478 e. The summed E-state index contributed by atoms with van der Waals surface area (Å²) in [5.41, 5.74) is -1.83. The fraction of sp³-hybridized carbons (Fsp3) is 0.389. The number of amides is 1. The van der Waals surface area contributed by atoms with E-state index in [-0.39, 0.29) is 18.5 Å². The van der Waals surface area contributed by atoms with Crippen molar-refractivity contribution in [2.24, 2.45) is 0 Å². The molecular weight excluding hydrogens is 363 g/mol. The van der Waals surface area contributed by atoms with Gasteiger partial charge < -0.3 is 10.4 Å². The van der Waals surface area contributed by atoms with Crippen LogP contribution in [0.3, 0.4) is 0 Å². The molecule has 1 heterocycles. The lowest BCUT2D eigenvalue weighted by atomic mass is 10.1. The van der Waals surface area contributed by atoms with Gasteiger partial charge in [-0.15, -0.1) is 0 Å². The van der Waals surface area contributed by atoms with Crippen LogP contribution in [0.2, 0.25) is 0 Å². The van der Waals surface area contributed by atoms with E-state index in [2.05, 4.69) is 10.4 Å². The molecule has 0 aliphatic carbocycles. The Morgan fingerprint density at radius 1 is 1.22 bits per heavy atom. The Bertz CT molecular complexity index is 852. The smallest absolute Gasteiger partial charge is 0.433 e. The highest BCUT2D eigenvalue weighted by atomic mass is 19.4. The number of carbonyl (C=O) groups excluding carboxylic acids is 1. The first-order valence-corrected chi connectivity index (χ1v) is 8.17. The van der Waals surface area contributed by atoms with Gasteiger partial charge in [0.05, 0.1) is 22.9 Å². The molecule has 9 heteroatoms. The average molecular weight is 383 g/mol. The molecule has 0 atom stereocenters. The van der Waals surface area contributed by atoms with Crippen LogP contribution in [0.4, 0.5) is 13.2 Å². The first-order chi connectivity index (χ1) is 12.4. The molecule has 2 aromatic rings. The summed E-state index contributed by atoms with van der Waals surface area (Å²) in [6, 6.07) is 6.13. The van der Waals surface area contributed by atoms with Crippen LogP contribution in [0.1, 0.15) is 52.7 Å². The number of alkyl halides is 3. The van der Waals surface area contributed by atoms with Gasteiger partial charge in [0.2, 0.25) is 0 Å². The number of carboxylic acids is 1. The van der Waals surface area contributed by atoms with Gasteiger partial charge in [-0.3, -0.25) is 9.48 Å². The predicted octanol–water partition coefficient (Wildman–Crippen LogP) is 3.33. The van der Waals surface area contributed by atoms with Crippen molar-refractivity contribution in [3.05, 3.63) is 52.8 Å². The molecule has 27 heavy (non-hydrogen) atoms. The summed E-state index contributed by atoms with van der Waals surface area (Å²) in [6.45, 7) is 4.74. The summed E-state index contributed by atoms with van der Waals surface area (Å²) >= 11 is 0. The number of rotatable bonds is 5. The van der Waals surface area contributed by atoms with E-state index < -0.39 is 34.8 Å². The Labute approximate surface area is 154 Å². The molecule has 146 valence electrons. The van der Waals surface area contributed by atoms with Crippen molar-refractivity contribution >= 4 is 11.9 Å². The fourth-order valence-electron chi connectivity index (χ4n) is 2.57. The Kier molecular flexibility index (Phi) is 5.62. The van der Waals surface area contributed by atoms with Crippen LogP contribution in [-0.4, -0.2) is 33.3 Å². The van der Waals surface area contributed by atoms with Gasteiger partial charge >= 0.3 is 12.1 Å². The van der Waals surface area contributed by atoms with Gasteiger partial charge in [-0.2, -0.15) is 18.3 Å². The van der Waals surface area contributed by atoms with Crippen LogP contribution in [0.15, 0.2) is 30.5 Å². The molecule has 1 amide bonds. The Morgan fingerprint density at radius 2 is 1.89 bits per heavy atom. The van der Waals surface area contributed by atoms with Crippen LogP contribution >= 0.6 is 0 Å². The average Bonchev–Trinajstić information content (AvgIpc) is 3.00. The Hall–Kier alpha value is -2.84. The standard InChI is InChI=1S/C18H20F3N3O3/c1-17(2,3)24-14(18(19,20)21)13(10-23-24)15(25)22-8-7-11-5-4-6-12(9-11)16(26)27/h4-6,9-10H,7-8H2,1-3H3,(H,22,25)(H,26,27). The molecule has 0 fully saturated rings. The molecule has 6 nitrogen and oxygen atoms in total. The summed E-state index contributed by atoms with van der Waals surface area (Å²) in [5.74, 6) is -1.96. The number of halogens is 3. The SMILES string of the molecule is CC(C)(C)n1ncc(C(=O)NCCc2cccc(C(=O)O)c2)c1C(F)(F)F. The van der Waals surface area contributed by atoms with Crippen molar-refractivity contribution in [1.82, 2.24) is 15.1 Å². The van der Waals surface area contributed by atoms with E-state index in [0.717, 1.165) is 10.9 Å². The van der Waals surface area contributed by atoms with Crippen LogP contribution in [0, 0.1) is 0 Å². The maximum atomic E-state index is 13.4. The maximum Gasteiger partial charge on any atom is 0.433 e. The molecule has 1 aromatic heterocycles. The van der Waals surface area contributed by atoms with Crippen LogP contribution in [-0.2, 0) is 18.1 Å². The highest BCUT2D eigenvalue weighted by molar-refractivity contribution is 5.95. The predicted molar refractivity (Wildman–Crippen MR) is 91.7 cm³/mol. The van der Waals surface area contributed by atoms with E-state index >= 15 is 0 Å². The lowest BCUT2D eigenvalue weighted by Crippen LogP contribution is -2.32. The van der Waals surface area contributed by atoms with Crippen molar-refractivity contribution < 1.29 is 27.9 Å². The highest BCUT2D eigenvalue weighted by Crippen LogP contribution is 2.34. The minimum atomic E-state index is -4.73. The third-order valence-electron chi connectivity index (χ3n) is 3.79. The number of nitrogens with zero attached hydrogens (tertiary/aromatic N) is 2. The maximum absolute atomic E-state index is 13.4. The van der Waals surface area contributed by atoms with Crippen molar-refractivity contribution in [3.8, 4) is 0 Å². The minimum absolute atomic E-state index is 0.0555. The van der Waals surface area contributed by atoms with Gasteiger partial charge in [0.15, 0.2) is 5.69 Å². The van der Waals surface area contributed by atoms with Gasteiger partial charge in [0, 0.05) is 6.54 Å². The summed E-state index contributed by atoms with van der Waals surface area (Å²) in [5, 5.41) is 15.1. The summed E-state index contributed by atoms with van der Waals surface area (Å²) in [6.07, 6.45) is -3.54. The summed E-state index contributed by atoms with van der Waals surface area (Å²) in [4.78, 5) is 23.2. The number of aromatic carboxylic acids is 1. The molecule has 2 N–H and O–H groups in total. The van der Waals surface area contributed by atoms with E-state index in [1.807, 2.05) is 0 Å². The normalized spacial score (nSPS) is 12.1. The van der Waals surface area contributed by atoms with Crippen LogP contribution in [0.25, 0.3) is 0 Å². The zero-order valence-corrected chi connectivity index (χ0v) is 15.1. The molecule has 1 aromatic carbocycles. The Balaban J connectivity index is 2.14. The van der Waals surface area contributed by atoms with E-state index in [9.17, 15) is 22.8 Å². The van der Waals surface area contributed by atoms with E-state index in [0.29, 0.717) is 5.56 Å². The molecule has 0 spiro atoms. The number of carboxylic acid groups (broad SMARTS) is 1. The van der Waals surface area contributed by atoms with E-state index in [1.54, 1.807) is 32.9 Å². The van der Waals surface area contributed by atoms with Crippen molar-refractivity contribution in [1.29, 1.82) is 0 Å². The largest absolute Gasteiger partial charge is 0.478 e. The molecule has 0 radical (unpaired) electrons. The Morgan fingerprint density at radius 3 is 2.44 bits per heavy atom.